The first-order valence-electron chi connectivity index (χ1n) is 8.46. The second-order valence-electron chi connectivity index (χ2n) is 6.45. The van der Waals surface area contributed by atoms with Gasteiger partial charge in [0.25, 0.3) is 5.91 Å². The van der Waals surface area contributed by atoms with Crippen LogP contribution in [0.2, 0.25) is 0 Å². The van der Waals surface area contributed by atoms with Crippen LogP contribution >= 0.6 is 11.3 Å². The number of carbonyl (C=O) groups excluding carboxylic acids is 1. The van der Waals surface area contributed by atoms with E-state index in [4.69, 9.17) is 9.47 Å². The summed E-state index contributed by atoms with van der Waals surface area (Å²) in [6.07, 6.45) is 4.57. The Bertz CT molecular complexity index is 731. The summed E-state index contributed by atoms with van der Waals surface area (Å²) in [5.41, 5.74) is 1.37. The number of benzene rings is 1. The van der Waals surface area contributed by atoms with Gasteiger partial charge in [-0.25, -0.2) is 0 Å². The molecule has 2 aliphatic rings. The lowest BCUT2D eigenvalue weighted by Crippen LogP contribution is -2.41. The van der Waals surface area contributed by atoms with Crippen LogP contribution in [0.25, 0.3) is 0 Å². The van der Waals surface area contributed by atoms with E-state index >= 15 is 0 Å². The molecule has 1 aromatic heterocycles. The van der Waals surface area contributed by atoms with Gasteiger partial charge in [0.1, 0.15) is 6.61 Å². The predicted molar refractivity (Wildman–Crippen MR) is 94.3 cm³/mol. The second-order valence-corrected chi connectivity index (χ2v) is 7.59. The first-order valence-corrected chi connectivity index (χ1v) is 9.28. The zero-order valence-electron chi connectivity index (χ0n) is 13.8. The highest BCUT2D eigenvalue weighted by atomic mass is 32.1. The highest BCUT2D eigenvalue weighted by molar-refractivity contribution is 7.14. The third-order valence-electron chi connectivity index (χ3n) is 4.60. The third-order valence-corrected chi connectivity index (χ3v) is 5.82. The second kappa shape index (κ2) is 6.48. The van der Waals surface area contributed by atoms with E-state index in [0.717, 1.165) is 29.2 Å². The van der Waals surface area contributed by atoms with Crippen molar-refractivity contribution in [2.75, 3.05) is 20.2 Å². The highest BCUT2D eigenvalue weighted by Crippen LogP contribution is 2.32. The molecule has 1 aromatic carbocycles. The van der Waals surface area contributed by atoms with E-state index in [-0.39, 0.29) is 12.0 Å². The minimum absolute atomic E-state index is 0.0804. The van der Waals surface area contributed by atoms with Crippen LogP contribution in [0.4, 0.5) is 0 Å². The Hall–Kier alpha value is -2.01. The summed E-state index contributed by atoms with van der Waals surface area (Å²) in [6.45, 7) is 0.991. The van der Waals surface area contributed by atoms with Gasteiger partial charge in [-0.2, -0.15) is 0 Å². The molecule has 0 bridgehead atoms. The van der Waals surface area contributed by atoms with Crippen LogP contribution in [0.15, 0.2) is 30.3 Å². The fourth-order valence-corrected chi connectivity index (χ4v) is 4.57. The molecule has 1 unspecified atom stereocenters. The minimum Gasteiger partial charge on any atom is -0.486 e. The highest BCUT2D eigenvalue weighted by Gasteiger charge is 2.25. The number of likely N-dealkylation sites (N-methyl/N-ethyl adjacent to an activating group) is 1. The van der Waals surface area contributed by atoms with Crippen LogP contribution in [0, 0.1) is 0 Å². The summed E-state index contributed by atoms with van der Waals surface area (Å²) in [4.78, 5) is 16.7. The van der Waals surface area contributed by atoms with E-state index in [1.54, 1.807) is 16.2 Å². The number of hydrogen-bond acceptors (Lipinski definition) is 4. The standard InChI is InChI=1S/C19H21NO3S/c1-20(11-14-12-22-15-7-3-4-8-16(15)23-14)19(21)18-10-13-6-2-5-9-17(13)24-18/h3-4,7-8,10,14H,2,5-6,9,11-12H2,1H3. The molecule has 2 aromatic rings. The van der Waals surface area contributed by atoms with Gasteiger partial charge in [-0.05, 0) is 49.4 Å². The number of fused-ring (bicyclic) bond motifs is 2. The van der Waals surface area contributed by atoms with E-state index in [0.29, 0.717) is 13.2 Å². The van der Waals surface area contributed by atoms with E-state index in [1.807, 2.05) is 31.3 Å². The van der Waals surface area contributed by atoms with Crippen molar-refractivity contribution in [3.8, 4) is 11.5 Å². The summed E-state index contributed by atoms with van der Waals surface area (Å²) < 4.78 is 11.7. The minimum atomic E-state index is -0.136. The van der Waals surface area contributed by atoms with Crippen molar-refractivity contribution < 1.29 is 14.3 Å². The van der Waals surface area contributed by atoms with Gasteiger partial charge in [-0.3, -0.25) is 4.79 Å². The average Bonchev–Trinajstić information content (AvgIpc) is 3.05. The normalized spacial score (nSPS) is 18.8. The van der Waals surface area contributed by atoms with Gasteiger partial charge in [0, 0.05) is 11.9 Å². The molecule has 1 atom stereocenters. The first kappa shape index (κ1) is 15.5. The van der Waals surface area contributed by atoms with Crippen molar-refractivity contribution in [2.24, 2.45) is 0 Å². The Morgan fingerprint density at radius 2 is 2.04 bits per heavy atom. The van der Waals surface area contributed by atoms with Crippen molar-refractivity contribution in [3.63, 3.8) is 0 Å². The lowest BCUT2D eigenvalue weighted by atomic mass is 9.99. The predicted octanol–water partition coefficient (Wildman–Crippen LogP) is 3.54. The topological polar surface area (TPSA) is 38.8 Å². The summed E-state index contributed by atoms with van der Waals surface area (Å²) in [7, 11) is 1.84. The van der Waals surface area contributed by atoms with Gasteiger partial charge in [-0.15, -0.1) is 11.3 Å². The number of para-hydroxylation sites is 2. The maximum atomic E-state index is 12.7. The van der Waals surface area contributed by atoms with E-state index in [1.165, 1.54) is 23.3 Å². The molecule has 2 heterocycles. The molecule has 24 heavy (non-hydrogen) atoms. The SMILES string of the molecule is CN(CC1COc2ccccc2O1)C(=O)c1cc2c(s1)CCCC2. The van der Waals surface area contributed by atoms with Crippen LogP contribution in [0.3, 0.4) is 0 Å². The Kier molecular flexibility index (Phi) is 4.19. The van der Waals surface area contributed by atoms with Gasteiger partial charge in [0.15, 0.2) is 17.6 Å². The Labute approximate surface area is 146 Å². The molecular weight excluding hydrogens is 322 g/mol. The number of amides is 1. The molecule has 0 fully saturated rings. The molecule has 1 aliphatic heterocycles. The van der Waals surface area contributed by atoms with Gasteiger partial charge in [0.05, 0.1) is 11.4 Å². The number of rotatable bonds is 3. The van der Waals surface area contributed by atoms with Crippen LogP contribution in [0.5, 0.6) is 11.5 Å². The van der Waals surface area contributed by atoms with E-state index in [2.05, 4.69) is 6.07 Å². The van der Waals surface area contributed by atoms with Gasteiger partial charge in [-0.1, -0.05) is 12.1 Å². The number of ether oxygens (including phenoxy) is 2. The maximum Gasteiger partial charge on any atom is 0.263 e. The smallest absolute Gasteiger partial charge is 0.263 e. The Balaban J connectivity index is 1.42. The van der Waals surface area contributed by atoms with E-state index < -0.39 is 0 Å². The summed E-state index contributed by atoms with van der Waals surface area (Å²) >= 11 is 1.66. The molecule has 0 N–H and O–H groups in total. The molecule has 1 amide bonds. The lowest BCUT2D eigenvalue weighted by molar-refractivity contribution is 0.0524. The van der Waals surface area contributed by atoms with Gasteiger partial charge in [0.2, 0.25) is 0 Å². The largest absolute Gasteiger partial charge is 0.486 e. The molecule has 0 saturated heterocycles. The van der Waals surface area contributed by atoms with Crippen molar-refractivity contribution >= 4 is 17.2 Å². The first-order chi connectivity index (χ1) is 11.7. The fourth-order valence-electron chi connectivity index (χ4n) is 3.33. The van der Waals surface area contributed by atoms with Gasteiger partial charge >= 0.3 is 0 Å². The lowest BCUT2D eigenvalue weighted by Gasteiger charge is -2.29. The zero-order chi connectivity index (χ0) is 16.5. The third kappa shape index (κ3) is 3.00. The molecule has 5 heteroatoms. The summed E-state index contributed by atoms with van der Waals surface area (Å²) in [5, 5.41) is 0. The zero-order valence-corrected chi connectivity index (χ0v) is 14.6. The quantitative estimate of drug-likeness (QED) is 0.856. The fraction of sp³-hybridized carbons (Fsp3) is 0.421. The summed E-state index contributed by atoms with van der Waals surface area (Å²) in [5.74, 6) is 1.60. The number of carbonyl (C=O) groups is 1. The van der Waals surface area contributed by atoms with Crippen molar-refractivity contribution in [2.45, 2.75) is 31.8 Å². The molecule has 126 valence electrons. The monoisotopic (exact) mass is 343 g/mol. The van der Waals surface area contributed by atoms with Crippen LogP contribution in [-0.4, -0.2) is 37.1 Å². The summed E-state index contributed by atoms with van der Waals surface area (Å²) in [6, 6.07) is 9.74. The number of aryl methyl sites for hydroxylation is 2. The van der Waals surface area contributed by atoms with Crippen molar-refractivity contribution in [3.05, 3.63) is 45.6 Å². The Morgan fingerprint density at radius 3 is 2.88 bits per heavy atom. The van der Waals surface area contributed by atoms with Gasteiger partial charge < -0.3 is 14.4 Å². The molecule has 0 radical (unpaired) electrons. The van der Waals surface area contributed by atoms with Crippen molar-refractivity contribution in [1.82, 2.24) is 4.90 Å². The molecule has 0 spiro atoms. The molecule has 4 nitrogen and oxygen atoms in total. The van der Waals surface area contributed by atoms with Crippen LogP contribution < -0.4 is 9.47 Å². The molecule has 4 rings (SSSR count). The van der Waals surface area contributed by atoms with Crippen LogP contribution in [-0.2, 0) is 12.8 Å². The maximum absolute atomic E-state index is 12.7. The molecule has 1 aliphatic carbocycles. The molecular formula is C19H21NO3S. The molecule has 0 saturated carbocycles. The van der Waals surface area contributed by atoms with Crippen LogP contribution in [0.1, 0.15) is 33.0 Å². The average molecular weight is 343 g/mol. The number of nitrogens with zero attached hydrogens (tertiary/aromatic N) is 1. The van der Waals surface area contributed by atoms with E-state index in [9.17, 15) is 4.79 Å². The number of thiophene rings is 1. The Morgan fingerprint density at radius 1 is 1.25 bits per heavy atom. The van der Waals surface area contributed by atoms with Crippen molar-refractivity contribution in [1.29, 1.82) is 0 Å². The number of hydrogen-bond donors (Lipinski definition) is 0.